The monoisotopic (exact) mass is 317 g/mol. The van der Waals surface area contributed by atoms with Crippen molar-refractivity contribution >= 4 is 39.2 Å². The molecule has 0 saturated heterocycles. The highest BCUT2D eigenvalue weighted by Crippen LogP contribution is 2.22. The SMILES string of the molecule is NC(=O)c1ccc(CSc2nc3sccc3c(=O)[nH]2)cc1. The predicted octanol–water partition coefficient (Wildman–Crippen LogP) is 2.38. The average Bonchev–Trinajstić information content (AvgIpc) is 2.94. The Kier molecular flexibility index (Phi) is 3.76. The van der Waals surface area contributed by atoms with Gasteiger partial charge in [0.25, 0.3) is 5.56 Å². The van der Waals surface area contributed by atoms with Gasteiger partial charge < -0.3 is 10.7 Å². The summed E-state index contributed by atoms with van der Waals surface area (Å²) < 4.78 is 0. The summed E-state index contributed by atoms with van der Waals surface area (Å²) >= 11 is 2.89. The van der Waals surface area contributed by atoms with Crippen molar-refractivity contribution < 1.29 is 4.79 Å². The number of thiophene rings is 1. The number of carbonyl (C=O) groups excluding carboxylic acids is 1. The zero-order valence-electron chi connectivity index (χ0n) is 10.8. The van der Waals surface area contributed by atoms with Crippen LogP contribution in [0.25, 0.3) is 10.2 Å². The maximum atomic E-state index is 11.8. The lowest BCUT2D eigenvalue weighted by Gasteiger charge is -2.02. The topological polar surface area (TPSA) is 88.8 Å². The smallest absolute Gasteiger partial charge is 0.260 e. The predicted molar refractivity (Wildman–Crippen MR) is 84.8 cm³/mol. The highest BCUT2D eigenvalue weighted by Gasteiger charge is 2.06. The molecule has 2 heterocycles. The molecule has 0 spiro atoms. The van der Waals surface area contributed by atoms with Crippen molar-refractivity contribution in [3.63, 3.8) is 0 Å². The molecule has 3 rings (SSSR count). The summed E-state index contributed by atoms with van der Waals surface area (Å²) in [6.07, 6.45) is 0. The molecule has 0 aliphatic heterocycles. The van der Waals surface area contributed by atoms with Gasteiger partial charge in [-0.25, -0.2) is 4.98 Å². The van der Waals surface area contributed by atoms with E-state index in [2.05, 4.69) is 9.97 Å². The number of nitrogens with zero attached hydrogens (tertiary/aromatic N) is 1. The number of rotatable bonds is 4. The van der Waals surface area contributed by atoms with Crippen LogP contribution in [0.5, 0.6) is 0 Å². The Morgan fingerprint density at radius 3 is 2.76 bits per heavy atom. The third kappa shape index (κ3) is 2.98. The molecule has 21 heavy (non-hydrogen) atoms. The van der Waals surface area contributed by atoms with Crippen molar-refractivity contribution in [2.75, 3.05) is 0 Å². The molecule has 5 nitrogen and oxygen atoms in total. The van der Waals surface area contributed by atoms with Crippen LogP contribution < -0.4 is 11.3 Å². The van der Waals surface area contributed by atoms with Gasteiger partial charge in [0.15, 0.2) is 5.16 Å². The number of H-pyrrole nitrogens is 1. The van der Waals surface area contributed by atoms with E-state index in [1.54, 1.807) is 18.2 Å². The van der Waals surface area contributed by atoms with E-state index in [0.29, 0.717) is 21.9 Å². The van der Waals surface area contributed by atoms with Gasteiger partial charge in [0.1, 0.15) is 4.83 Å². The van der Waals surface area contributed by atoms with Crippen molar-refractivity contribution in [3.05, 3.63) is 57.2 Å². The van der Waals surface area contributed by atoms with Crippen molar-refractivity contribution in [1.82, 2.24) is 9.97 Å². The first-order valence-electron chi connectivity index (χ1n) is 6.12. The molecule has 0 bridgehead atoms. The number of benzene rings is 1. The zero-order valence-corrected chi connectivity index (χ0v) is 12.5. The van der Waals surface area contributed by atoms with Gasteiger partial charge in [0.05, 0.1) is 5.39 Å². The molecule has 0 unspecified atom stereocenters. The van der Waals surface area contributed by atoms with Crippen LogP contribution in [0.4, 0.5) is 0 Å². The Bertz CT molecular complexity index is 853. The fraction of sp³-hybridized carbons (Fsp3) is 0.0714. The van der Waals surface area contributed by atoms with Crippen LogP contribution in [0.1, 0.15) is 15.9 Å². The Balaban J connectivity index is 1.76. The van der Waals surface area contributed by atoms with Crippen LogP contribution >= 0.6 is 23.1 Å². The number of aromatic amines is 1. The molecule has 106 valence electrons. The van der Waals surface area contributed by atoms with E-state index in [-0.39, 0.29) is 5.56 Å². The van der Waals surface area contributed by atoms with Gasteiger partial charge in [0, 0.05) is 11.3 Å². The number of nitrogens with one attached hydrogen (secondary N) is 1. The van der Waals surface area contributed by atoms with E-state index in [4.69, 9.17) is 5.73 Å². The summed E-state index contributed by atoms with van der Waals surface area (Å²) in [4.78, 5) is 30.7. The van der Waals surface area contributed by atoms with Gasteiger partial charge in [-0.3, -0.25) is 9.59 Å². The number of aromatic nitrogens is 2. The van der Waals surface area contributed by atoms with Crippen LogP contribution in [0.3, 0.4) is 0 Å². The molecule has 0 aliphatic carbocycles. The average molecular weight is 317 g/mol. The van der Waals surface area contributed by atoms with Gasteiger partial charge in [-0.2, -0.15) is 0 Å². The molecular weight excluding hydrogens is 306 g/mol. The minimum atomic E-state index is -0.441. The van der Waals surface area contributed by atoms with Gasteiger partial charge in [-0.05, 0) is 29.1 Å². The molecule has 0 atom stereocenters. The molecule has 3 N–H and O–H groups in total. The molecule has 1 aromatic carbocycles. The summed E-state index contributed by atoms with van der Waals surface area (Å²) in [7, 11) is 0. The van der Waals surface area contributed by atoms with Crippen molar-refractivity contribution in [2.45, 2.75) is 10.9 Å². The number of hydrogen-bond acceptors (Lipinski definition) is 5. The quantitative estimate of drug-likeness (QED) is 0.571. The van der Waals surface area contributed by atoms with Crippen LogP contribution in [0, 0.1) is 0 Å². The summed E-state index contributed by atoms with van der Waals surface area (Å²) in [5, 5.41) is 3.06. The van der Waals surface area contributed by atoms with Crippen LogP contribution in [-0.2, 0) is 5.75 Å². The normalized spacial score (nSPS) is 10.9. The molecule has 0 saturated carbocycles. The standard InChI is InChI=1S/C14H11N3O2S2/c15-11(18)9-3-1-8(2-4-9)7-21-14-16-12(19)10-5-6-20-13(10)17-14/h1-6H,7H2,(H2,15,18)(H,16,17,19). The molecule has 0 aliphatic rings. The first-order valence-corrected chi connectivity index (χ1v) is 7.99. The van der Waals surface area contributed by atoms with Gasteiger partial charge in [-0.1, -0.05) is 23.9 Å². The van der Waals surface area contributed by atoms with E-state index in [0.717, 1.165) is 10.4 Å². The fourth-order valence-corrected chi connectivity index (χ4v) is 3.47. The molecule has 1 amide bonds. The summed E-state index contributed by atoms with van der Waals surface area (Å²) in [6, 6.07) is 8.83. The molecule has 2 aromatic heterocycles. The van der Waals surface area contributed by atoms with Crippen molar-refractivity contribution in [2.24, 2.45) is 5.73 Å². The van der Waals surface area contributed by atoms with Crippen molar-refractivity contribution in [3.8, 4) is 0 Å². The zero-order chi connectivity index (χ0) is 14.8. The largest absolute Gasteiger partial charge is 0.366 e. The molecule has 0 fully saturated rings. The Hall–Kier alpha value is -2.12. The van der Waals surface area contributed by atoms with E-state index >= 15 is 0 Å². The van der Waals surface area contributed by atoms with Gasteiger partial charge in [0.2, 0.25) is 5.91 Å². The first-order chi connectivity index (χ1) is 10.1. The molecule has 7 heteroatoms. The minimum absolute atomic E-state index is 0.118. The maximum absolute atomic E-state index is 11.8. The van der Waals surface area contributed by atoms with E-state index in [1.807, 2.05) is 17.5 Å². The minimum Gasteiger partial charge on any atom is -0.366 e. The second kappa shape index (κ2) is 5.71. The Morgan fingerprint density at radius 2 is 2.05 bits per heavy atom. The molecule has 3 aromatic rings. The number of carbonyl (C=O) groups is 1. The van der Waals surface area contributed by atoms with E-state index in [9.17, 15) is 9.59 Å². The summed E-state index contributed by atoms with van der Waals surface area (Å²) in [5.41, 5.74) is 6.59. The summed E-state index contributed by atoms with van der Waals surface area (Å²) in [5.74, 6) is 0.210. The number of amides is 1. The number of primary amides is 1. The highest BCUT2D eigenvalue weighted by atomic mass is 32.2. The second-order valence-electron chi connectivity index (χ2n) is 4.36. The van der Waals surface area contributed by atoms with Gasteiger partial charge in [-0.15, -0.1) is 11.3 Å². The van der Waals surface area contributed by atoms with E-state index in [1.165, 1.54) is 23.1 Å². The third-order valence-electron chi connectivity index (χ3n) is 2.93. The number of fused-ring (bicyclic) bond motifs is 1. The molecule has 0 radical (unpaired) electrons. The number of thioether (sulfide) groups is 1. The Morgan fingerprint density at radius 1 is 1.29 bits per heavy atom. The Labute approximate surface area is 128 Å². The maximum Gasteiger partial charge on any atom is 0.260 e. The van der Waals surface area contributed by atoms with Crippen LogP contribution in [-0.4, -0.2) is 15.9 Å². The number of nitrogens with two attached hydrogens (primary N) is 1. The fourth-order valence-electron chi connectivity index (χ4n) is 1.83. The van der Waals surface area contributed by atoms with Crippen LogP contribution in [0.15, 0.2) is 45.7 Å². The highest BCUT2D eigenvalue weighted by molar-refractivity contribution is 7.98. The van der Waals surface area contributed by atoms with Gasteiger partial charge >= 0.3 is 0 Å². The lowest BCUT2D eigenvalue weighted by molar-refractivity contribution is 0.100. The van der Waals surface area contributed by atoms with E-state index < -0.39 is 5.91 Å². The summed E-state index contributed by atoms with van der Waals surface area (Å²) in [6.45, 7) is 0. The first kappa shape index (κ1) is 13.8. The lowest BCUT2D eigenvalue weighted by atomic mass is 10.1. The molecular formula is C14H11N3O2S2. The third-order valence-corrected chi connectivity index (χ3v) is 4.68. The second-order valence-corrected chi connectivity index (χ2v) is 6.22. The van der Waals surface area contributed by atoms with Crippen molar-refractivity contribution in [1.29, 1.82) is 0 Å². The lowest BCUT2D eigenvalue weighted by Crippen LogP contribution is -2.10. The number of hydrogen-bond donors (Lipinski definition) is 2. The van der Waals surface area contributed by atoms with Crippen LogP contribution in [0.2, 0.25) is 0 Å².